The third-order valence-electron chi connectivity index (χ3n) is 3.00. The predicted octanol–water partition coefficient (Wildman–Crippen LogP) is 3.82. The molecule has 4 nitrogen and oxygen atoms in total. The van der Waals surface area contributed by atoms with E-state index < -0.39 is 11.7 Å². The van der Waals surface area contributed by atoms with E-state index in [-0.39, 0.29) is 23.1 Å². The van der Waals surface area contributed by atoms with E-state index >= 15 is 0 Å². The Labute approximate surface area is 132 Å². The average Bonchev–Trinajstić information content (AvgIpc) is 2.44. The van der Waals surface area contributed by atoms with Gasteiger partial charge in [-0.1, -0.05) is 29.3 Å². The summed E-state index contributed by atoms with van der Waals surface area (Å²) in [7, 11) is 0. The van der Waals surface area contributed by atoms with Crippen molar-refractivity contribution < 1.29 is 19.0 Å². The van der Waals surface area contributed by atoms with Crippen LogP contribution in [0.4, 0.5) is 10.1 Å². The lowest BCUT2D eigenvalue weighted by Gasteiger charge is -2.11. The van der Waals surface area contributed by atoms with Gasteiger partial charge < -0.3 is 15.2 Å². The minimum absolute atomic E-state index is 0.0491. The summed E-state index contributed by atoms with van der Waals surface area (Å²) >= 11 is 5.68. The molecule has 116 valence electrons. The summed E-state index contributed by atoms with van der Waals surface area (Å²) in [4.78, 5) is 11.8. The fourth-order valence-electron chi connectivity index (χ4n) is 1.92. The van der Waals surface area contributed by atoms with Crippen molar-refractivity contribution in [3.8, 4) is 11.5 Å². The zero-order valence-corrected chi connectivity index (χ0v) is 12.9. The minimum atomic E-state index is -0.776. The Balaban J connectivity index is 2.00. The second kappa shape index (κ2) is 6.66. The predicted molar refractivity (Wildman–Crippen MR) is 83.1 cm³/mol. The Kier molecular flexibility index (Phi) is 4.88. The van der Waals surface area contributed by atoms with Gasteiger partial charge in [-0.15, -0.1) is 0 Å². The summed E-state index contributed by atoms with van der Waals surface area (Å²) in [5.74, 6) is -1.10. The Hall–Kier alpha value is -2.27. The first kappa shape index (κ1) is 16.1. The number of amides is 1. The molecule has 0 aliphatic carbocycles. The molecule has 2 aromatic rings. The van der Waals surface area contributed by atoms with Crippen LogP contribution in [0.15, 0.2) is 30.3 Å². The van der Waals surface area contributed by atoms with Crippen LogP contribution < -0.4 is 10.1 Å². The highest BCUT2D eigenvalue weighted by Gasteiger charge is 2.12. The van der Waals surface area contributed by atoms with Crippen LogP contribution in [0.2, 0.25) is 5.02 Å². The van der Waals surface area contributed by atoms with Crippen LogP contribution in [0.3, 0.4) is 0 Å². The second-order valence-corrected chi connectivity index (χ2v) is 5.30. The van der Waals surface area contributed by atoms with E-state index in [0.29, 0.717) is 5.75 Å². The van der Waals surface area contributed by atoms with Gasteiger partial charge in [-0.25, -0.2) is 4.39 Å². The molecule has 2 aromatic carbocycles. The lowest BCUT2D eigenvalue weighted by molar-refractivity contribution is -0.118. The maximum Gasteiger partial charge on any atom is 0.262 e. The fourth-order valence-corrected chi connectivity index (χ4v) is 2.09. The molecule has 0 fully saturated rings. The molecule has 0 heterocycles. The molecular formula is C16H15ClFNO3. The van der Waals surface area contributed by atoms with E-state index in [2.05, 4.69) is 5.32 Å². The highest BCUT2D eigenvalue weighted by Crippen LogP contribution is 2.29. The number of aromatic hydroxyl groups is 1. The molecule has 0 radical (unpaired) electrons. The number of rotatable bonds is 4. The van der Waals surface area contributed by atoms with Crippen LogP contribution in [0.25, 0.3) is 0 Å². The van der Waals surface area contributed by atoms with Crippen molar-refractivity contribution in [3.63, 3.8) is 0 Å². The first-order valence-electron chi connectivity index (χ1n) is 6.54. The molecule has 0 aliphatic rings. The highest BCUT2D eigenvalue weighted by molar-refractivity contribution is 6.32. The fraction of sp³-hybridized carbons (Fsp3) is 0.188. The van der Waals surface area contributed by atoms with Crippen LogP contribution in [0, 0.1) is 19.7 Å². The molecule has 2 rings (SSSR count). The van der Waals surface area contributed by atoms with Crippen molar-refractivity contribution in [2.45, 2.75) is 13.8 Å². The van der Waals surface area contributed by atoms with Gasteiger partial charge >= 0.3 is 0 Å². The molecule has 6 heteroatoms. The van der Waals surface area contributed by atoms with Gasteiger partial charge in [0.1, 0.15) is 17.3 Å². The van der Waals surface area contributed by atoms with Gasteiger partial charge in [0.15, 0.2) is 6.61 Å². The number of phenolic OH excluding ortho intramolecular Hbond substituents is 1. The van der Waals surface area contributed by atoms with Gasteiger partial charge in [-0.05, 0) is 31.5 Å². The molecule has 0 spiro atoms. The van der Waals surface area contributed by atoms with E-state index in [1.54, 1.807) is 6.07 Å². The summed E-state index contributed by atoms with van der Waals surface area (Å²) in [6.07, 6.45) is 0. The number of carbonyl (C=O) groups is 1. The third kappa shape index (κ3) is 3.89. The number of carbonyl (C=O) groups excluding carboxylic acids is 1. The van der Waals surface area contributed by atoms with Gasteiger partial charge in [-0.2, -0.15) is 0 Å². The van der Waals surface area contributed by atoms with Crippen molar-refractivity contribution in [2.24, 2.45) is 0 Å². The molecule has 22 heavy (non-hydrogen) atoms. The maximum atomic E-state index is 13.6. The Morgan fingerprint density at radius 2 is 2.05 bits per heavy atom. The first-order valence-corrected chi connectivity index (χ1v) is 6.92. The van der Waals surface area contributed by atoms with Gasteiger partial charge in [0.2, 0.25) is 0 Å². The molecule has 2 N–H and O–H groups in total. The van der Waals surface area contributed by atoms with Crippen LogP contribution in [0.5, 0.6) is 11.5 Å². The number of halogens is 2. The van der Waals surface area contributed by atoms with E-state index in [4.69, 9.17) is 16.3 Å². The third-order valence-corrected chi connectivity index (χ3v) is 3.30. The topological polar surface area (TPSA) is 58.6 Å². The minimum Gasteiger partial charge on any atom is -0.506 e. The van der Waals surface area contributed by atoms with Crippen molar-refractivity contribution in [1.29, 1.82) is 0 Å². The second-order valence-electron chi connectivity index (χ2n) is 4.89. The largest absolute Gasteiger partial charge is 0.506 e. The molecule has 0 bridgehead atoms. The zero-order chi connectivity index (χ0) is 16.3. The number of hydrogen-bond donors (Lipinski definition) is 2. The monoisotopic (exact) mass is 323 g/mol. The van der Waals surface area contributed by atoms with Crippen LogP contribution in [-0.4, -0.2) is 17.6 Å². The normalized spacial score (nSPS) is 10.4. The van der Waals surface area contributed by atoms with Crippen molar-refractivity contribution in [1.82, 2.24) is 0 Å². The average molecular weight is 324 g/mol. The van der Waals surface area contributed by atoms with Crippen LogP contribution in [0.1, 0.15) is 11.1 Å². The lowest BCUT2D eigenvalue weighted by atomic mass is 10.1. The molecule has 1 amide bonds. The molecule has 0 atom stereocenters. The van der Waals surface area contributed by atoms with E-state index in [1.807, 2.05) is 26.0 Å². The first-order chi connectivity index (χ1) is 10.4. The Morgan fingerprint density at radius 1 is 1.32 bits per heavy atom. The molecule has 0 saturated heterocycles. The summed E-state index contributed by atoms with van der Waals surface area (Å²) in [6.45, 7) is 3.57. The van der Waals surface area contributed by atoms with Gasteiger partial charge in [0.05, 0.1) is 10.7 Å². The number of anilines is 1. The number of benzene rings is 2. The van der Waals surface area contributed by atoms with Crippen LogP contribution in [-0.2, 0) is 4.79 Å². The van der Waals surface area contributed by atoms with Gasteiger partial charge in [0, 0.05) is 6.07 Å². The summed E-state index contributed by atoms with van der Waals surface area (Å²) < 4.78 is 19.0. The van der Waals surface area contributed by atoms with Gasteiger partial charge in [-0.3, -0.25) is 4.79 Å². The molecular weight excluding hydrogens is 309 g/mol. The molecule has 0 aliphatic heterocycles. The standard InChI is InChI=1S/C16H15ClFNO3/c1-9-3-4-15(10(2)5-9)22-8-16(21)19-13-6-11(17)14(20)7-12(13)18/h3-7,20H,8H2,1-2H3,(H,19,21). The number of nitrogens with one attached hydrogen (secondary N) is 1. The van der Waals surface area contributed by atoms with Crippen molar-refractivity contribution in [2.75, 3.05) is 11.9 Å². The summed E-state index contributed by atoms with van der Waals surface area (Å²) in [5.41, 5.74) is 1.89. The summed E-state index contributed by atoms with van der Waals surface area (Å²) in [6, 6.07) is 7.56. The zero-order valence-electron chi connectivity index (χ0n) is 12.1. The van der Waals surface area contributed by atoms with Crippen molar-refractivity contribution in [3.05, 3.63) is 52.3 Å². The van der Waals surface area contributed by atoms with Crippen LogP contribution >= 0.6 is 11.6 Å². The van der Waals surface area contributed by atoms with E-state index in [9.17, 15) is 14.3 Å². The number of ether oxygens (including phenoxy) is 1. The SMILES string of the molecule is Cc1ccc(OCC(=O)Nc2cc(Cl)c(O)cc2F)c(C)c1. The Morgan fingerprint density at radius 3 is 2.73 bits per heavy atom. The lowest BCUT2D eigenvalue weighted by Crippen LogP contribution is -2.21. The molecule has 0 aromatic heterocycles. The number of aryl methyl sites for hydroxylation is 2. The smallest absolute Gasteiger partial charge is 0.262 e. The maximum absolute atomic E-state index is 13.6. The van der Waals surface area contributed by atoms with Crippen molar-refractivity contribution >= 4 is 23.2 Å². The molecule has 0 saturated carbocycles. The quantitative estimate of drug-likeness (QED) is 0.841. The summed E-state index contributed by atoms with van der Waals surface area (Å²) in [5, 5.41) is 11.6. The Bertz CT molecular complexity index is 719. The highest BCUT2D eigenvalue weighted by atomic mass is 35.5. The molecule has 0 unspecified atom stereocenters. The van der Waals surface area contributed by atoms with E-state index in [1.165, 1.54) is 0 Å². The van der Waals surface area contributed by atoms with E-state index in [0.717, 1.165) is 23.3 Å². The number of phenols is 1. The van der Waals surface area contributed by atoms with Gasteiger partial charge in [0.25, 0.3) is 5.91 Å². The number of hydrogen-bond acceptors (Lipinski definition) is 3.